The van der Waals surface area contributed by atoms with E-state index < -0.39 is 0 Å². The molecule has 0 saturated carbocycles. The number of pyridine rings is 1. The second-order valence-electron chi connectivity index (χ2n) is 7.06. The molecule has 0 aromatic carbocycles. The van der Waals surface area contributed by atoms with Gasteiger partial charge in [-0.15, -0.1) is 0 Å². The maximum atomic E-state index is 12.6. The Balaban J connectivity index is 1.26. The Bertz CT molecular complexity index is 763. The van der Waals surface area contributed by atoms with Gasteiger partial charge < -0.3 is 18.9 Å². The van der Waals surface area contributed by atoms with E-state index in [0.29, 0.717) is 38.0 Å². The molecule has 4 rings (SSSR count). The zero-order valence-corrected chi connectivity index (χ0v) is 15.8. The molecule has 0 N–H and O–H groups in total. The highest BCUT2D eigenvalue weighted by molar-refractivity contribution is 5.78. The highest BCUT2D eigenvalue weighted by Gasteiger charge is 2.26. The minimum absolute atomic E-state index is 0.00901. The van der Waals surface area contributed by atoms with Crippen LogP contribution in [0.4, 0.5) is 0 Å². The summed E-state index contributed by atoms with van der Waals surface area (Å²) in [5.74, 6) is 1.12. The first-order chi connectivity index (χ1) is 13.8. The Labute approximate surface area is 163 Å². The fourth-order valence-electron chi connectivity index (χ4n) is 3.47. The van der Waals surface area contributed by atoms with E-state index in [-0.39, 0.29) is 18.6 Å². The molecule has 1 amide bonds. The SMILES string of the molecule is O=C(CN1CCOCC1)N1CCCC(OCc2noc(-c3ccncc3)n2)C1. The number of hydrogen-bond donors (Lipinski definition) is 0. The molecule has 1 atom stereocenters. The molecule has 0 bridgehead atoms. The predicted molar refractivity (Wildman–Crippen MR) is 99.2 cm³/mol. The van der Waals surface area contributed by atoms with E-state index in [1.165, 1.54) is 0 Å². The maximum Gasteiger partial charge on any atom is 0.258 e. The molecule has 0 aliphatic carbocycles. The summed E-state index contributed by atoms with van der Waals surface area (Å²) in [6.07, 6.45) is 5.22. The van der Waals surface area contributed by atoms with Crippen molar-refractivity contribution in [2.24, 2.45) is 0 Å². The fraction of sp³-hybridized carbons (Fsp3) is 0.579. The Morgan fingerprint density at radius 3 is 2.86 bits per heavy atom. The van der Waals surface area contributed by atoms with E-state index in [2.05, 4.69) is 20.0 Å². The lowest BCUT2D eigenvalue weighted by atomic mass is 10.1. The van der Waals surface area contributed by atoms with Gasteiger partial charge in [-0.2, -0.15) is 4.98 Å². The van der Waals surface area contributed by atoms with Gasteiger partial charge in [0.05, 0.1) is 25.9 Å². The van der Waals surface area contributed by atoms with Crippen molar-refractivity contribution >= 4 is 5.91 Å². The van der Waals surface area contributed by atoms with E-state index in [4.69, 9.17) is 14.0 Å². The van der Waals surface area contributed by atoms with Crippen LogP contribution >= 0.6 is 0 Å². The molecule has 28 heavy (non-hydrogen) atoms. The average Bonchev–Trinajstić information content (AvgIpc) is 3.23. The van der Waals surface area contributed by atoms with Crippen LogP contribution in [0.1, 0.15) is 18.7 Å². The largest absolute Gasteiger partial charge is 0.379 e. The second kappa shape index (κ2) is 9.22. The molecule has 0 radical (unpaired) electrons. The van der Waals surface area contributed by atoms with Crippen LogP contribution in [0.2, 0.25) is 0 Å². The van der Waals surface area contributed by atoms with Crippen molar-refractivity contribution in [1.82, 2.24) is 24.9 Å². The van der Waals surface area contributed by atoms with Crippen molar-refractivity contribution in [3.8, 4) is 11.5 Å². The molecule has 4 heterocycles. The molecule has 2 aliphatic rings. The quantitative estimate of drug-likeness (QED) is 0.724. The first-order valence-corrected chi connectivity index (χ1v) is 9.70. The number of piperidine rings is 1. The first kappa shape index (κ1) is 19.0. The van der Waals surface area contributed by atoms with Crippen molar-refractivity contribution in [1.29, 1.82) is 0 Å². The smallest absolute Gasteiger partial charge is 0.258 e. The van der Waals surface area contributed by atoms with E-state index in [1.807, 2.05) is 17.0 Å². The minimum atomic E-state index is -0.00901. The molecule has 2 aromatic rings. The molecule has 2 aliphatic heterocycles. The zero-order chi connectivity index (χ0) is 19.2. The van der Waals surface area contributed by atoms with Crippen molar-refractivity contribution in [3.63, 3.8) is 0 Å². The lowest BCUT2D eigenvalue weighted by molar-refractivity contribution is -0.137. The molecule has 1 unspecified atom stereocenters. The summed E-state index contributed by atoms with van der Waals surface area (Å²) < 4.78 is 16.6. The molecule has 150 valence electrons. The van der Waals surface area contributed by atoms with Crippen LogP contribution in [0.3, 0.4) is 0 Å². The van der Waals surface area contributed by atoms with Crippen LogP contribution in [0, 0.1) is 0 Å². The van der Waals surface area contributed by atoms with Gasteiger partial charge in [-0.05, 0) is 25.0 Å². The number of aromatic nitrogens is 3. The average molecular weight is 387 g/mol. The molecule has 2 saturated heterocycles. The highest BCUT2D eigenvalue weighted by Crippen LogP contribution is 2.18. The van der Waals surface area contributed by atoms with E-state index in [1.54, 1.807) is 12.4 Å². The van der Waals surface area contributed by atoms with Crippen LogP contribution in [-0.4, -0.2) is 82.9 Å². The van der Waals surface area contributed by atoms with Crippen molar-refractivity contribution < 1.29 is 18.8 Å². The predicted octanol–water partition coefficient (Wildman–Crippen LogP) is 0.971. The summed E-state index contributed by atoms with van der Waals surface area (Å²) in [6.45, 7) is 5.15. The molecule has 0 spiro atoms. The highest BCUT2D eigenvalue weighted by atomic mass is 16.5. The molecule has 2 aromatic heterocycles. The van der Waals surface area contributed by atoms with Crippen molar-refractivity contribution in [2.75, 3.05) is 45.9 Å². The van der Waals surface area contributed by atoms with Crippen LogP contribution in [-0.2, 0) is 20.9 Å². The summed E-state index contributed by atoms with van der Waals surface area (Å²) in [5.41, 5.74) is 0.825. The molecular weight excluding hydrogens is 362 g/mol. The third kappa shape index (κ3) is 4.92. The number of likely N-dealkylation sites (tertiary alicyclic amines) is 1. The van der Waals surface area contributed by atoms with Gasteiger partial charge in [-0.3, -0.25) is 14.7 Å². The second-order valence-corrected chi connectivity index (χ2v) is 7.06. The minimum Gasteiger partial charge on any atom is -0.379 e. The maximum absolute atomic E-state index is 12.6. The topological polar surface area (TPSA) is 93.8 Å². The standard InChI is InChI=1S/C19H25N5O4/c25-18(13-23-8-10-26-11-9-23)24-7-1-2-16(12-24)27-14-17-21-19(28-22-17)15-3-5-20-6-4-15/h3-6,16H,1-2,7-14H2. The molecular formula is C19H25N5O4. The Morgan fingerprint density at radius 1 is 1.21 bits per heavy atom. The van der Waals surface area contributed by atoms with Gasteiger partial charge in [0.2, 0.25) is 5.91 Å². The van der Waals surface area contributed by atoms with E-state index in [9.17, 15) is 4.79 Å². The molecule has 9 nitrogen and oxygen atoms in total. The van der Waals surface area contributed by atoms with Crippen LogP contribution < -0.4 is 0 Å². The summed E-state index contributed by atoms with van der Waals surface area (Å²) in [6, 6.07) is 3.63. The van der Waals surface area contributed by atoms with E-state index >= 15 is 0 Å². The summed E-state index contributed by atoms with van der Waals surface area (Å²) in [4.78, 5) is 25.0. The Kier molecular flexibility index (Phi) is 6.25. The summed E-state index contributed by atoms with van der Waals surface area (Å²) >= 11 is 0. The van der Waals surface area contributed by atoms with Gasteiger partial charge in [-0.1, -0.05) is 5.16 Å². The number of ether oxygens (including phenoxy) is 2. The van der Waals surface area contributed by atoms with Gasteiger partial charge >= 0.3 is 0 Å². The van der Waals surface area contributed by atoms with Gasteiger partial charge in [0.1, 0.15) is 6.61 Å². The van der Waals surface area contributed by atoms with Crippen molar-refractivity contribution in [3.05, 3.63) is 30.4 Å². The third-order valence-electron chi connectivity index (χ3n) is 5.04. The first-order valence-electron chi connectivity index (χ1n) is 9.70. The number of hydrogen-bond acceptors (Lipinski definition) is 8. The number of carbonyl (C=O) groups excluding carboxylic acids is 1. The van der Waals surface area contributed by atoms with Crippen LogP contribution in [0.5, 0.6) is 0 Å². The lowest BCUT2D eigenvalue weighted by Gasteiger charge is -2.34. The normalized spacial score (nSPS) is 21.0. The monoisotopic (exact) mass is 387 g/mol. The van der Waals surface area contributed by atoms with Gasteiger partial charge in [-0.25, -0.2) is 0 Å². The number of carbonyl (C=O) groups is 1. The lowest BCUT2D eigenvalue weighted by Crippen LogP contribution is -2.49. The Hall–Kier alpha value is -2.36. The van der Waals surface area contributed by atoms with Crippen LogP contribution in [0.15, 0.2) is 29.0 Å². The number of nitrogens with zero attached hydrogens (tertiary/aromatic N) is 5. The van der Waals surface area contributed by atoms with Crippen molar-refractivity contribution in [2.45, 2.75) is 25.6 Å². The third-order valence-corrected chi connectivity index (χ3v) is 5.04. The zero-order valence-electron chi connectivity index (χ0n) is 15.8. The number of rotatable bonds is 6. The Morgan fingerprint density at radius 2 is 2.04 bits per heavy atom. The summed E-state index contributed by atoms with van der Waals surface area (Å²) in [5, 5.41) is 3.98. The molecule has 2 fully saturated rings. The number of amides is 1. The molecule has 9 heteroatoms. The fourth-order valence-corrected chi connectivity index (χ4v) is 3.47. The van der Waals surface area contributed by atoms with E-state index in [0.717, 1.165) is 38.0 Å². The van der Waals surface area contributed by atoms with Gasteiger partial charge in [0.25, 0.3) is 5.89 Å². The van der Waals surface area contributed by atoms with Gasteiger partial charge in [0, 0.05) is 44.1 Å². The number of morpholine rings is 1. The van der Waals surface area contributed by atoms with Crippen LogP contribution in [0.25, 0.3) is 11.5 Å². The van der Waals surface area contributed by atoms with Gasteiger partial charge in [0.15, 0.2) is 5.82 Å². The summed E-state index contributed by atoms with van der Waals surface area (Å²) in [7, 11) is 0.